The van der Waals surface area contributed by atoms with Gasteiger partial charge in [-0.15, -0.1) is 0 Å². The number of hydrogen-bond donors (Lipinski definition) is 2. The van der Waals surface area contributed by atoms with Crippen molar-refractivity contribution in [3.8, 4) is 11.5 Å². The number of nitrogens with one attached hydrogen (secondary N) is 1. The number of carbonyl (C=O) groups excluding carboxylic acids is 1. The number of nitrogens with two attached hydrogens (primary N) is 1. The summed E-state index contributed by atoms with van der Waals surface area (Å²) in [5.41, 5.74) is 2.83. The lowest BCUT2D eigenvalue weighted by Crippen LogP contribution is -2.34. The molecule has 29 heavy (non-hydrogen) atoms. The molecule has 3 aromatic rings. The fourth-order valence-electron chi connectivity index (χ4n) is 3.21. The van der Waals surface area contributed by atoms with Gasteiger partial charge in [0.05, 0.1) is 24.2 Å². The van der Waals surface area contributed by atoms with Crippen molar-refractivity contribution in [1.29, 1.82) is 0 Å². The highest BCUT2D eigenvalue weighted by molar-refractivity contribution is 5.94. The van der Waals surface area contributed by atoms with Gasteiger partial charge in [-0.05, 0) is 43.0 Å². The number of amides is 1. The third-order valence-corrected chi connectivity index (χ3v) is 4.68. The molecule has 0 atom stereocenters. The van der Waals surface area contributed by atoms with Gasteiger partial charge < -0.3 is 19.3 Å². The highest BCUT2D eigenvalue weighted by Gasteiger charge is 2.19. The molecule has 0 bridgehead atoms. The third-order valence-electron chi connectivity index (χ3n) is 4.68. The van der Waals surface area contributed by atoms with Crippen molar-refractivity contribution in [1.82, 2.24) is 15.5 Å². The Kier molecular flexibility index (Phi) is 5.58. The summed E-state index contributed by atoms with van der Waals surface area (Å²) in [6.45, 7) is 0.552. The van der Waals surface area contributed by atoms with Gasteiger partial charge in [0.15, 0.2) is 11.5 Å². The predicted molar refractivity (Wildman–Crippen MR) is 108 cm³/mol. The van der Waals surface area contributed by atoms with Gasteiger partial charge in [-0.2, -0.15) is 0 Å². The van der Waals surface area contributed by atoms with Crippen molar-refractivity contribution in [3.63, 3.8) is 0 Å². The van der Waals surface area contributed by atoms with Crippen LogP contribution in [0.4, 0.5) is 0 Å². The monoisotopic (exact) mass is 390 g/mol. The van der Waals surface area contributed by atoms with Gasteiger partial charge in [-0.1, -0.05) is 41.6 Å². The van der Waals surface area contributed by atoms with Gasteiger partial charge in [-0.3, -0.25) is 4.79 Å². The number of nitrogens with zero attached hydrogens (tertiary/aromatic N) is 2. The largest absolute Gasteiger partial charge is 0.461 e. The molecule has 148 valence electrons. The molecule has 1 aliphatic carbocycles. The van der Waals surface area contributed by atoms with Crippen LogP contribution in [0.3, 0.4) is 0 Å². The molecular weight excluding hydrogens is 368 g/mol. The lowest BCUT2D eigenvalue weighted by atomic mass is 10.1. The van der Waals surface area contributed by atoms with E-state index >= 15 is 0 Å². The summed E-state index contributed by atoms with van der Waals surface area (Å²) >= 11 is 0. The Morgan fingerprint density at radius 3 is 2.83 bits per heavy atom. The summed E-state index contributed by atoms with van der Waals surface area (Å²) < 4.78 is 10.5. The molecular formula is C22H22N4O3. The minimum absolute atomic E-state index is 0.174. The van der Waals surface area contributed by atoms with Gasteiger partial charge in [0.25, 0.3) is 5.91 Å². The molecule has 1 aliphatic rings. The van der Waals surface area contributed by atoms with Crippen molar-refractivity contribution < 1.29 is 13.7 Å². The first kappa shape index (κ1) is 18.8. The topological polar surface area (TPSA) is 97.5 Å². The van der Waals surface area contributed by atoms with E-state index in [0.717, 1.165) is 30.5 Å². The van der Waals surface area contributed by atoms with Crippen LogP contribution in [0.1, 0.15) is 35.3 Å². The van der Waals surface area contributed by atoms with E-state index in [2.05, 4.69) is 10.5 Å². The highest BCUT2D eigenvalue weighted by atomic mass is 16.5. The second-order valence-electron chi connectivity index (χ2n) is 6.78. The molecule has 1 aromatic carbocycles. The normalized spacial score (nSPS) is 14.0. The Labute approximate surface area is 168 Å². The van der Waals surface area contributed by atoms with Gasteiger partial charge >= 0.3 is 0 Å². The number of aromatic nitrogens is 1. The van der Waals surface area contributed by atoms with Crippen LogP contribution >= 0.6 is 0 Å². The van der Waals surface area contributed by atoms with Crippen molar-refractivity contribution in [2.24, 2.45) is 5.84 Å². The Morgan fingerprint density at radius 1 is 1.17 bits per heavy atom. The van der Waals surface area contributed by atoms with Crippen LogP contribution in [-0.4, -0.2) is 16.1 Å². The van der Waals surface area contributed by atoms with Crippen LogP contribution in [-0.2, 0) is 6.54 Å². The zero-order chi connectivity index (χ0) is 20.1. The summed E-state index contributed by atoms with van der Waals surface area (Å²) in [7, 11) is 0. The summed E-state index contributed by atoms with van der Waals surface area (Å²) in [6, 6.07) is 15.0. The van der Waals surface area contributed by atoms with Crippen molar-refractivity contribution in [3.05, 3.63) is 89.6 Å². The third kappa shape index (κ3) is 4.47. The molecule has 2 heterocycles. The molecule has 7 heteroatoms. The number of carbonyl (C=O) groups is 1. The summed E-state index contributed by atoms with van der Waals surface area (Å²) in [6.07, 6.45) is 8.12. The van der Waals surface area contributed by atoms with Crippen LogP contribution in [0.15, 0.2) is 87.3 Å². The van der Waals surface area contributed by atoms with Crippen molar-refractivity contribution >= 4 is 5.91 Å². The molecule has 0 saturated heterocycles. The maximum Gasteiger partial charge on any atom is 0.277 e. The number of allylic oxidation sites excluding steroid dienone is 3. The molecule has 1 amide bonds. The minimum atomic E-state index is -0.362. The van der Waals surface area contributed by atoms with Crippen molar-refractivity contribution in [2.45, 2.75) is 25.8 Å². The van der Waals surface area contributed by atoms with E-state index in [1.165, 1.54) is 6.26 Å². The maximum atomic E-state index is 12.7. The SMILES string of the molecule is NN(Cc1ccccc1)C1=C(NC(=O)c2cc(-c3ccco3)on2)C=CCCC1. The predicted octanol–water partition coefficient (Wildman–Crippen LogP) is 3.99. The van der Waals surface area contributed by atoms with Gasteiger partial charge in [-0.25, -0.2) is 5.84 Å². The molecule has 0 aliphatic heterocycles. The fraction of sp³-hybridized carbons (Fsp3) is 0.182. The first-order valence-corrected chi connectivity index (χ1v) is 9.48. The summed E-state index contributed by atoms with van der Waals surface area (Å²) in [5, 5.41) is 8.48. The average molecular weight is 390 g/mol. The van der Waals surface area contributed by atoms with E-state index in [-0.39, 0.29) is 11.6 Å². The number of rotatable bonds is 6. The second-order valence-corrected chi connectivity index (χ2v) is 6.78. The molecule has 2 aromatic heterocycles. The van der Waals surface area contributed by atoms with Crippen molar-refractivity contribution in [2.75, 3.05) is 0 Å². The molecule has 0 spiro atoms. The fourth-order valence-corrected chi connectivity index (χ4v) is 3.21. The highest BCUT2D eigenvalue weighted by Crippen LogP contribution is 2.23. The minimum Gasteiger partial charge on any atom is -0.461 e. The molecule has 0 radical (unpaired) electrons. The molecule has 0 fully saturated rings. The number of benzene rings is 1. The molecule has 4 rings (SSSR count). The molecule has 0 saturated carbocycles. The van der Waals surface area contributed by atoms with E-state index < -0.39 is 0 Å². The van der Waals surface area contributed by atoms with E-state index in [4.69, 9.17) is 14.8 Å². The maximum absolute atomic E-state index is 12.7. The van der Waals surface area contributed by atoms with Crippen LogP contribution in [0, 0.1) is 0 Å². The zero-order valence-electron chi connectivity index (χ0n) is 15.9. The number of furan rings is 1. The zero-order valence-corrected chi connectivity index (χ0v) is 15.9. The Balaban J connectivity index is 1.54. The van der Waals surface area contributed by atoms with E-state index in [0.29, 0.717) is 23.8 Å². The standard InChI is InChI=1S/C22H22N4O3/c23-26(15-16-8-3-1-4-9-16)19-11-6-2-5-10-17(19)24-22(27)18-14-21(29-25-18)20-12-7-13-28-20/h1,3-5,7-10,12-14H,2,6,11,15,23H2,(H,24,27). The first-order chi connectivity index (χ1) is 14.2. The first-order valence-electron chi connectivity index (χ1n) is 9.48. The Bertz CT molecular complexity index is 1020. The van der Waals surface area contributed by atoms with Gasteiger partial charge in [0, 0.05) is 6.07 Å². The van der Waals surface area contributed by atoms with Gasteiger partial charge in [0.2, 0.25) is 5.76 Å². The quantitative estimate of drug-likeness (QED) is 0.488. The summed E-state index contributed by atoms with van der Waals surface area (Å²) in [5.74, 6) is 6.92. The van der Waals surface area contributed by atoms with Crippen LogP contribution in [0.2, 0.25) is 0 Å². The Hall–Kier alpha value is -3.58. The Morgan fingerprint density at radius 2 is 2.03 bits per heavy atom. The van der Waals surface area contributed by atoms with E-state index in [9.17, 15) is 4.79 Å². The number of hydrogen-bond acceptors (Lipinski definition) is 6. The van der Waals surface area contributed by atoms with E-state index in [1.54, 1.807) is 23.2 Å². The number of hydrazine groups is 1. The lowest BCUT2D eigenvalue weighted by molar-refractivity contribution is 0.0956. The molecule has 0 unspecified atom stereocenters. The van der Waals surface area contributed by atoms with Crippen LogP contribution < -0.4 is 11.2 Å². The second kappa shape index (κ2) is 8.62. The molecule has 3 N–H and O–H groups in total. The summed E-state index contributed by atoms with van der Waals surface area (Å²) in [4.78, 5) is 12.7. The smallest absolute Gasteiger partial charge is 0.277 e. The van der Waals surface area contributed by atoms with Gasteiger partial charge in [0.1, 0.15) is 0 Å². The van der Waals surface area contributed by atoms with Crippen LogP contribution in [0.25, 0.3) is 11.5 Å². The average Bonchev–Trinajstić information content (AvgIpc) is 3.38. The lowest BCUT2D eigenvalue weighted by Gasteiger charge is -2.24. The van der Waals surface area contributed by atoms with E-state index in [1.807, 2.05) is 42.5 Å². The van der Waals surface area contributed by atoms with Crippen LogP contribution in [0.5, 0.6) is 0 Å². The molecule has 7 nitrogen and oxygen atoms in total.